The van der Waals surface area contributed by atoms with Crippen molar-refractivity contribution in [2.45, 2.75) is 31.6 Å². The number of halogens is 1. The third-order valence-electron chi connectivity index (χ3n) is 1.95. The summed E-state index contributed by atoms with van der Waals surface area (Å²) >= 11 is 5.82. The average molecular weight is 176 g/mol. The van der Waals surface area contributed by atoms with E-state index in [4.69, 9.17) is 11.6 Å². The summed E-state index contributed by atoms with van der Waals surface area (Å²) in [4.78, 5) is 13.0. The van der Waals surface area contributed by atoms with Gasteiger partial charge >= 0.3 is 0 Å². The van der Waals surface area contributed by atoms with Crippen molar-refractivity contribution >= 4 is 17.5 Å². The summed E-state index contributed by atoms with van der Waals surface area (Å²) in [6, 6.07) is 0. The Morgan fingerprint density at radius 2 is 2.45 bits per heavy atom. The number of alkyl halides is 1. The van der Waals surface area contributed by atoms with Gasteiger partial charge < -0.3 is 4.90 Å². The van der Waals surface area contributed by atoms with Crippen molar-refractivity contribution in [1.29, 1.82) is 0 Å². The van der Waals surface area contributed by atoms with Gasteiger partial charge in [-0.2, -0.15) is 0 Å². The standard InChI is InChI=1S/C8H14ClNO/c1-2-3-4-10-6-7(9)5-8(10)11/h7H,2-6H2,1H3. The van der Waals surface area contributed by atoms with Crippen LogP contribution in [0.4, 0.5) is 0 Å². The first-order valence-corrected chi connectivity index (χ1v) is 4.59. The zero-order valence-corrected chi connectivity index (χ0v) is 7.60. The van der Waals surface area contributed by atoms with Crippen LogP contribution in [0.1, 0.15) is 26.2 Å². The molecule has 0 aromatic rings. The molecule has 3 heteroatoms. The lowest BCUT2D eigenvalue weighted by atomic mass is 10.3. The third kappa shape index (κ3) is 2.37. The van der Waals surface area contributed by atoms with Crippen LogP contribution in [0.2, 0.25) is 0 Å². The maximum atomic E-state index is 11.1. The lowest BCUT2D eigenvalue weighted by Crippen LogP contribution is -2.26. The number of hydrogen-bond donors (Lipinski definition) is 0. The smallest absolute Gasteiger partial charge is 0.224 e. The lowest BCUT2D eigenvalue weighted by molar-refractivity contribution is -0.127. The van der Waals surface area contributed by atoms with E-state index in [1.165, 1.54) is 0 Å². The minimum Gasteiger partial charge on any atom is -0.341 e. The maximum Gasteiger partial charge on any atom is 0.224 e. The number of nitrogens with zero attached hydrogens (tertiary/aromatic N) is 1. The fraction of sp³-hybridized carbons (Fsp3) is 0.875. The number of unbranched alkanes of at least 4 members (excludes halogenated alkanes) is 1. The molecule has 1 unspecified atom stereocenters. The quantitative estimate of drug-likeness (QED) is 0.597. The average Bonchev–Trinajstić information content (AvgIpc) is 2.26. The maximum absolute atomic E-state index is 11.1. The van der Waals surface area contributed by atoms with Gasteiger partial charge in [-0.05, 0) is 6.42 Å². The second kappa shape index (κ2) is 3.96. The first kappa shape index (κ1) is 8.85. The Morgan fingerprint density at radius 1 is 1.73 bits per heavy atom. The SMILES string of the molecule is CCCCN1CC(Cl)CC1=O. The summed E-state index contributed by atoms with van der Waals surface area (Å²) in [6.07, 6.45) is 2.76. The molecule has 1 aliphatic heterocycles. The number of likely N-dealkylation sites (tertiary alicyclic amines) is 1. The van der Waals surface area contributed by atoms with E-state index in [9.17, 15) is 4.79 Å². The van der Waals surface area contributed by atoms with Crippen LogP contribution >= 0.6 is 11.6 Å². The predicted molar refractivity (Wildman–Crippen MR) is 45.7 cm³/mol. The molecular weight excluding hydrogens is 162 g/mol. The largest absolute Gasteiger partial charge is 0.341 e. The molecule has 1 fully saturated rings. The molecule has 2 nitrogen and oxygen atoms in total. The fourth-order valence-electron chi connectivity index (χ4n) is 1.29. The second-order valence-electron chi connectivity index (χ2n) is 2.99. The van der Waals surface area contributed by atoms with E-state index in [0.29, 0.717) is 6.42 Å². The van der Waals surface area contributed by atoms with Crippen LogP contribution in [0.3, 0.4) is 0 Å². The van der Waals surface area contributed by atoms with E-state index in [1.807, 2.05) is 4.90 Å². The molecule has 0 radical (unpaired) electrons. The summed E-state index contributed by atoms with van der Waals surface area (Å²) in [5, 5.41) is 0.0550. The van der Waals surface area contributed by atoms with E-state index in [-0.39, 0.29) is 11.3 Å². The highest BCUT2D eigenvalue weighted by Crippen LogP contribution is 2.16. The van der Waals surface area contributed by atoms with Gasteiger partial charge in [0.1, 0.15) is 0 Å². The number of amides is 1. The van der Waals surface area contributed by atoms with E-state index < -0.39 is 0 Å². The minimum absolute atomic E-state index is 0.0550. The van der Waals surface area contributed by atoms with Crippen molar-refractivity contribution in [2.24, 2.45) is 0 Å². The molecule has 1 aliphatic rings. The summed E-state index contributed by atoms with van der Waals surface area (Å²) in [5.74, 6) is 0.221. The van der Waals surface area contributed by atoms with Crippen LogP contribution < -0.4 is 0 Å². The molecule has 64 valence electrons. The molecule has 1 heterocycles. The first-order valence-electron chi connectivity index (χ1n) is 4.16. The molecule has 11 heavy (non-hydrogen) atoms. The molecule has 0 aromatic heterocycles. The monoisotopic (exact) mass is 175 g/mol. The van der Waals surface area contributed by atoms with Crippen LogP contribution in [0.5, 0.6) is 0 Å². The van der Waals surface area contributed by atoms with Gasteiger partial charge in [-0.1, -0.05) is 13.3 Å². The van der Waals surface area contributed by atoms with Crippen LogP contribution in [0.25, 0.3) is 0 Å². The molecule has 1 amide bonds. The highest BCUT2D eigenvalue weighted by atomic mass is 35.5. The third-order valence-corrected chi connectivity index (χ3v) is 2.24. The van der Waals surface area contributed by atoms with Gasteiger partial charge in [0.25, 0.3) is 0 Å². The van der Waals surface area contributed by atoms with Crippen molar-refractivity contribution in [3.8, 4) is 0 Å². The number of carbonyl (C=O) groups excluding carboxylic acids is 1. The normalized spacial score (nSPS) is 24.7. The molecule has 0 N–H and O–H groups in total. The lowest BCUT2D eigenvalue weighted by Gasteiger charge is -2.14. The van der Waals surface area contributed by atoms with E-state index in [1.54, 1.807) is 0 Å². The van der Waals surface area contributed by atoms with Crippen LogP contribution in [0, 0.1) is 0 Å². The summed E-state index contributed by atoms with van der Waals surface area (Å²) in [5.41, 5.74) is 0. The van der Waals surface area contributed by atoms with Gasteiger partial charge in [-0.3, -0.25) is 4.79 Å². The van der Waals surface area contributed by atoms with Gasteiger partial charge in [0.05, 0.1) is 5.38 Å². The topological polar surface area (TPSA) is 20.3 Å². The van der Waals surface area contributed by atoms with Crippen molar-refractivity contribution in [1.82, 2.24) is 4.90 Å². The van der Waals surface area contributed by atoms with E-state index in [2.05, 4.69) is 6.92 Å². The molecule has 0 aromatic carbocycles. The van der Waals surface area contributed by atoms with Crippen molar-refractivity contribution in [3.63, 3.8) is 0 Å². The van der Waals surface area contributed by atoms with Gasteiger partial charge in [0, 0.05) is 19.5 Å². The molecule has 1 saturated heterocycles. The highest BCUT2D eigenvalue weighted by Gasteiger charge is 2.26. The van der Waals surface area contributed by atoms with Crippen LogP contribution in [-0.4, -0.2) is 29.3 Å². The Hall–Kier alpha value is -0.240. The van der Waals surface area contributed by atoms with E-state index in [0.717, 1.165) is 25.9 Å². The molecule has 0 aliphatic carbocycles. The molecule has 1 atom stereocenters. The van der Waals surface area contributed by atoms with Gasteiger partial charge in [0.15, 0.2) is 0 Å². The zero-order valence-electron chi connectivity index (χ0n) is 6.85. The van der Waals surface area contributed by atoms with E-state index >= 15 is 0 Å². The molecular formula is C8H14ClNO. The fourth-order valence-corrected chi connectivity index (χ4v) is 1.59. The highest BCUT2D eigenvalue weighted by molar-refractivity contribution is 6.22. The predicted octanol–water partition coefficient (Wildman–Crippen LogP) is 1.63. The molecule has 0 spiro atoms. The van der Waals surface area contributed by atoms with Gasteiger partial charge in [0.2, 0.25) is 5.91 Å². The number of rotatable bonds is 3. The molecule has 0 saturated carbocycles. The number of carbonyl (C=O) groups is 1. The number of hydrogen-bond acceptors (Lipinski definition) is 1. The Kier molecular flexibility index (Phi) is 3.18. The van der Waals surface area contributed by atoms with Crippen molar-refractivity contribution in [3.05, 3.63) is 0 Å². The zero-order chi connectivity index (χ0) is 8.27. The van der Waals surface area contributed by atoms with Crippen molar-refractivity contribution < 1.29 is 4.79 Å². The van der Waals surface area contributed by atoms with Gasteiger partial charge in [-0.15, -0.1) is 11.6 Å². The Morgan fingerprint density at radius 3 is 2.91 bits per heavy atom. The van der Waals surface area contributed by atoms with Gasteiger partial charge in [-0.25, -0.2) is 0 Å². The Balaban J connectivity index is 2.29. The summed E-state index contributed by atoms with van der Waals surface area (Å²) in [7, 11) is 0. The Bertz CT molecular complexity index is 149. The van der Waals surface area contributed by atoms with Crippen molar-refractivity contribution in [2.75, 3.05) is 13.1 Å². The summed E-state index contributed by atoms with van der Waals surface area (Å²) < 4.78 is 0. The minimum atomic E-state index is 0.0550. The molecule has 0 bridgehead atoms. The second-order valence-corrected chi connectivity index (χ2v) is 3.61. The van der Waals surface area contributed by atoms with Crippen LogP contribution in [-0.2, 0) is 4.79 Å². The Labute approximate surface area is 72.5 Å². The molecule has 1 rings (SSSR count). The first-order chi connectivity index (χ1) is 5.24. The van der Waals surface area contributed by atoms with Crippen LogP contribution in [0.15, 0.2) is 0 Å². The summed E-state index contributed by atoms with van der Waals surface area (Å²) in [6.45, 7) is 3.76.